The molecule has 2 radical (unpaired) electrons. The van der Waals surface area contributed by atoms with Crippen molar-refractivity contribution in [1.82, 2.24) is 4.98 Å². The lowest BCUT2D eigenvalue weighted by Crippen LogP contribution is -2.48. The normalized spacial score (nSPS) is 16.0. The van der Waals surface area contributed by atoms with E-state index in [4.69, 9.17) is 17.6 Å². The van der Waals surface area contributed by atoms with Crippen molar-refractivity contribution in [3.8, 4) is 0 Å². The molecule has 0 atom stereocenters. The van der Waals surface area contributed by atoms with E-state index in [0.717, 1.165) is 11.3 Å². The number of thiazole rings is 1. The molecule has 1 aliphatic carbocycles. The maximum absolute atomic E-state index is 11.8. The van der Waals surface area contributed by atoms with E-state index in [9.17, 15) is 19.5 Å². The van der Waals surface area contributed by atoms with Gasteiger partial charge in [-0.1, -0.05) is 5.16 Å². The Morgan fingerprint density at radius 3 is 2.52 bits per heavy atom. The number of amides is 1. The Kier molecular flexibility index (Phi) is 6.09. The van der Waals surface area contributed by atoms with Crippen LogP contribution in [0, 0.1) is 0 Å². The summed E-state index contributed by atoms with van der Waals surface area (Å²) in [5, 5.41) is 16.8. The molecule has 1 aromatic rings. The molecule has 1 aromatic heterocycles. The Morgan fingerprint density at radius 1 is 1.37 bits per heavy atom. The number of carbonyl (C=O) groups excluding carboxylic acids is 2. The summed E-state index contributed by atoms with van der Waals surface area (Å²) in [4.78, 5) is 44.1. The first-order valence-corrected chi connectivity index (χ1v) is 8.81. The summed E-state index contributed by atoms with van der Waals surface area (Å²) in [7, 11) is 4.88. The van der Waals surface area contributed by atoms with E-state index < -0.39 is 34.9 Å². The molecule has 27 heavy (non-hydrogen) atoms. The lowest BCUT2D eigenvalue weighted by molar-refractivity contribution is -0.175. The van der Waals surface area contributed by atoms with Gasteiger partial charge in [0, 0.05) is 18.2 Å². The highest BCUT2D eigenvalue weighted by Crippen LogP contribution is 2.37. The van der Waals surface area contributed by atoms with Gasteiger partial charge in [0.2, 0.25) is 11.3 Å². The third-order valence-corrected chi connectivity index (χ3v) is 4.27. The minimum Gasteiger partial charge on any atom is -0.540 e. The first-order valence-electron chi connectivity index (χ1n) is 7.93. The Labute approximate surface area is 160 Å². The first-order chi connectivity index (χ1) is 12.6. The minimum absolute atomic E-state index is 0.0471. The summed E-state index contributed by atoms with van der Waals surface area (Å²) in [5.41, 5.74) is -2.66. The lowest BCUT2D eigenvalue weighted by Gasteiger charge is -2.36. The number of carboxylic acids is 1. The molecule has 0 spiro atoms. The molecule has 0 bridgehead atoms. The van der Waals surface area contributed by atoms with E-state index in [2.05, 4.69) is 20.1 Å². The zero-order valence-corrected chi connectivity index (χ0v) is 15.8. The van der Waals surface area contributed by atoms with Crippen molar-refractivity contribution in [1.29, 1.82) is 0 Å². The van der Waals surface area contributed by atoms with Crippen LogP contribution in [-0.2, 0) is 23.8 Å². The van der Waals surface area contributed by atoms with Crippen molar-refractivity contribution in [3.63, 3.8) is 0 Å². The van der Waals surface area contributed by atoms with Crippen molar-refractivity contribution in [2.45, 2.75) is 51.2 Å². The van der Waals surface area contributed by atoms with Crippen LogP contribution < -0.4 is 5.32 Å². The van der Waals surface area contributed by atoms with Gasteiger partial charge in [-0.2, -0.15) is 0 Å². The minimum atomic E-state index is -1.42. The van der Waals surface area contributed by atoms with Gasteiger partial charge in [0.15, 0.2) is 5.13 Å². The van der Waals surface area contributed by atoms with Gasteiger partial charge in [-0.15, -0.1) is 11.3 Å². The number of oxime groups is 1. The summed E-state index contributed by atoms with van der Waals surface area (Å²) in [6, 6.07) is 0. The van der Waals surface area contributed by atoms with Gasteiger partial charge in [-0.25, -0.2) is 19.4 Å². The van der Waals surface area contributed by atoms with Crippen molar-refractivity contribution < 1.29 is 33.7 Å². The predicted octanol–water partition coefficient (Wildman–Crippen LogP) is 1.84. The highest BCUT2D eigenvalue weighted by Gasteiger charge is 2.48. The summed E-state index contributed by atoms with van der Waals surface area (Å²) < 4.78 is 9.28. The van der Waals surface area contributed by atoms with Crippen LogP contribution in [0.5, 0.6) is 0 Å². The second-order valence-electron chi connectivity index (χ2n) is 6.75. The number of nitrogens with one attached hydrogen (secondary N) is 1. The van der Waals surface area contributed by atoms with Crippen LogP contribution in [0.4, 0.5) is 9.93 Å². The van der Waals surface area contributed by atoms with E-state index in [1.807, 2.05) is 0 Å². The quantitative estimate of drug-likeness (QED) is 0.423. The van der Waals surface area contributed by atoms with Crippen LogP contribution in [0.25, 0.3) is 0 Å². The molecule has 12 heteroatoms. The molecule has 0 aromatic carbocycles. The second-order valence-corrected chi connectivity index (χ2v) is 7.61. The number of ether oxygens (including phenoxy) is 1. The Bertz CT molecular complexity index is 768. The van der Waals surface area contributed by atoms with Gasteiger partial charge in [-0.05, 0) is 27.2 Å². The smallest absolute Gasteiger partial charge is 0.413 e. The number of anilines is 1. The highest BCUT2D eigenvalue weighted by molar-refractivity contribution is 7.14. The van der Waals surface area contributed by atoms with Gasteiger partial charge < -0.3 is 19.3 Å². The van der Waals surface area contributed by atoms with Crippen LogP contribution in [-0.4, -0.2) is 53.1 Å². The lowest BCUT2D eigenvalue weighted by atomic mass is 9.80. The summed E-state index contributed by atoms with van der Waals surface area (Å²) in [6.45, 7) is 5.11. The average Bonchev–Trinajstić information content (AvgIpc) is 2.94. The van der Waals surface area contributed by atoms with E-state index in [1.165, 1.54) is 5.38 Å². The predicted molar refractivity (Wildman–Crippen MR) is 95.7 cm³/mol. The maximum atomic E-state index is 11.8. The number of carboxylic acid groups (broad SMARTS) is 1. The van der Waals surface area contributed by atoms with Gasteiger partial charge in [0.25, 0.3) is 0 Å². The molecule has 10 nitrogen and oxygen atoms in total. The summed E-state index contributed by atoms with van der Waals surface area (Å²) in [6.07, 6.45) is 0.574. The number of hydrogen-bond acceptors (Lipinski definition) is 9. The third kappa shape index (κ3) is 5.19. The van der Waals surface area contributed by atoms with Crippen molar-refractivity contribution in [2.24, 2.45) is 5.16 Å². The first kappa shape index (κ1) is 20.7. The fourth-order valence-electron chi connectivity index (χ4n) is 2.10. The monoisotopic (exact) mass is 395 g/mol. The van der Waals surface area contributed by atoms with Crippen LogP contribution >= 0.6 is 11.3 Å². The standard InChI is InChI=1S/C15H18BN3O7S/c1-14(2,3)24-13(23)18-12-17-8(7-27-12)9(10(20)21)19-26-15(5-4-6-15)11(22)25-16/h7H,4-6H2,1-3H3,(H,20,21)(H,17,18,23)/b19-9-. The molecule has 1 fully saturated rings. The number of hydrogen-bond donors (Lipinski definition) is 2. The van der Waals surface area contributed by atoms with Gasteiger partial charge in [-0.3, -0.25) is 5.32 Å². The molecule has 2 rings (SSSR count). The van der Waals surface area contributed by atoms with Crippen LogP contribution in [0.3, 0.4) is 0 Å². The van der Waals surface area contributed by atoms with Crippen LogP contribution in [0.2, 0.25) is 0 Å². The molecule has 2 N–H and O–H groups in total. The van der Waals surface area contributed by atoms with E-state index >= 15 is 0 Å². The zero-order chi connectivity index (χ0) is 20.2. The van der Waals surface area contributed by atoms with Crippen molar-refractivity contribution >= 4 is 48.3 Å². The number of carbonyl (C=O) groups is 3. The molecule has 1 amide bonds. The molecule has 144 valence electrons. The average molecular weight is 395 g/mol. The Morgan fingerprint density at radius 2 is 2.04 bits per heavy atom. The molecule has 1 heterocycles. The van der Waals surface area contributed by atoms with Gasteiger partial charge in [0.05, 0.1) is 0 Å². The molecule has 0 saturated heterocycles. The number of nitrogens with zero attached hydrogens (tertiary/aromatic N) is 2. The van der Waals surface area contributed by atoms with Gasteiger partial charge in [0.1, 0.15) is 11.3 Å². The Hall–Kier alpha value is -2.63. The third-order valence-electron chi connectivity index (χ3n) is 3.51. The van der Waals surface area contributed by atoms with Crippen molar-refractivity contribution in [2.75, 3.05) is 5.32 Å². The van der Waals surface area contributed by atoms with E-state index in [-0.39, 0.29) is 10.8 Å². The van der Waals surface area contributed by atoms with Crippen molar-refractivity contribution in [3.05, 3.63) is 11.1 Å². The molecular formula is C15H18BN3O7S. The number of rotatable bonds is 6. The zero-order valence-electron chi connectivity index (χ0n) is 15.0. The molecular weight excluding hydrogens is 377 g/mol. The SMILES string of the molecule is [B]OC(=O)C1(O/N=C(\C(=O)O)c2csc(NC(=O)OC(C)(C)C)n2)CCC1. The molecule has 1 saturated carbocycles. The topological polar surface area (TPSA) is 136 Å². The summed E-state index contributed by atoms with van der Waals surface area (Å²) >= 11 is 0.979. The fourth-order valence-corrected chi connectivity index (χ4v) is 2.78. The maximum Gasteiger partial charge on any atom is 0.413 e. The van der Waals surface area contributed by atoms with Crippen LogP contribution in [0.1, 0.15) is 45.7 Å². The molecule has 0 unspecified atom stereocenters. The van der Waals surface area contributed by atoms with Crippen LogP contribution in [0.15, 0.2) is 10.5 Å². The summed E-state index contributed by atoms with van der Waals surface area (Å²) in [5.74, 6) is -2.24. The highest BCUT2D eigenvalue weighted by atomic mass is 32.1. The number of aromatic nitrogens is 1. The van der Waals surface area contributed by atoms with E-state index in [0.29, 0.717) is 19.3 Å². The molecule has 0 aliphatic heterocycles. The van der Waals surface area contributed by atoms with E-state index in [1.54, 1.807) is 20.8 Å². The fraction of sp³-hybridized carbons (Fsp3) is 0.533. The Balaban J connectivity index is 2.13. The van der Waals surface area contributed by atoms with Gasteiger partial charge >= 0.3 is 26.1 Å². The molecule has 1 aliphatic rings. The largest absolute Gasteiger partial charge is 0.540 e. The number of aliphatic carboxylic acids is 1. The second kappa shape index (κ2) is 7.95.